The van der Waals surface area contributed by atoms with Crippen LogP contribution in [-0.2, 0) is 24.2 Å². The van der Waals surface area contributed by atoms with Gasteiger partial charge in [0.15, 0.2) is 0 Å². The van der Waals surface area contributed by atoms with E-state index in [-0.39, 0.29) is 24.8 Å². The minimum absolute atomic E-state index is 0. The molecule has 5 rings (SSSR count). The fourth-order valence-corrected chi connectivity index (χ4v) is 5.96. The first-order chi connectivity index (χ1) is 14.1. The van der Waals surface area contributed by atoms with E-state index >= 15 is 0 Å². The number of fused-ring (bicyclic) bond motifs is 3. The van der Waals surface area contributed by atoms with Crippen molar-refractivity contribution < 1.29 is 49.0 Å². The molecule has 0 amide bonds. The second kappa shape index (κ2) is 12.3. The summed E-state index contributed by atoms with van der Waals surface area (Å²) in [6.07, 6.45) is 12.9. The summed E-state index contributed by atoms with van der Waals surface area (Å²) in [7, 11) is -2.51. The molecule has 5 heteroatoms. The molecule has 0 atom stereocenters. The number of allylic oxidation sites excluding steroid dienone is 4. The van der Waals surface area contributed by atoms with E-state index in [1.165, 1.54) is 34.4 Å². The number of rotatable bonds is 2. The molecule has 0 N–H and O–H groups in total. The van der Waals surface area contributed by atoms with Gasteiger partial charge in [0.05, 0.1) is 16.1 Å². The van der Waals surface area contributed by atoms with Crippen LogP contribution in [0, 0.1) is 6.08 Å². The molecule has 2 aliphatic rings. The fourth-order valence-electron chi connectivity index (χ4n) is 3.33. The van der Waals surface area contributed by atoms with E-state index in [0.717, 1.165) is 6.42 Å². The average molecular weight is 577 g/mol. The van der Waals surface area contributed by atoms with Crippen LogP contribution < -0.4 is 35.2 Å². The van der Waals surface area contributed by atoms with Crippen LogP contribution in [0.25, 0.3) is 21.5 Å². The van der Waals surface area contributed by atoms with E-state index in [9.17, 15) is 0 Å². The van der Waals surface area contributed by atoms with Crippen molar-refractivity contribution in [1.29, 1.82) is 0 Å². The van der Waals surface area contributed by atoms with Gasteiger partial charge in [0, 0.05) is 0 Å². The second-order valence-corrected chi connectivity index (χ2v) is 22.2. The van der Waals surface area contributed by atoms with Gasteiger partial charge in [-0.2, -0.15) is 6.08 Å². The third-order valence-corrected chi connectivity index (χ3v) is 10.8. The summed E-state index contributed by atoms with van der Waals surface area (Å²) in [4.78, 5) is 0. The molecule has 2 aliphatic carbocycles. The summed E-state index contributed by atoms with van der Waals surface area (Å²) in [5, 5.41) is 8.79. The second-order valence-electron chi connectivity index (χ2n) is 10.4. The number of hydrogen-bond acceptors (Lipinski definition) is 0. The van der Waals surface area contributed by atoms with Crippen molar-refractivity contribution in [3.8, 4) is 0 Å². The Morgan fingerprint density at radius 3 is 1.47 bits per heavy atom. The van der Waals surface area contributed by atoms with Crippen molar-refractivity contribution in [2.75, 3.05) is 0 Å². The van der Waals surface area contributed by atoms with Gasteiger partial charge in [-0.25, -0.2) is 12.2 Å². The summed E-state index contributed by atoms with van der Waals surface area (Å²) in [5.74, 6) is 0. The average Bonchev–Trinajstić information content (AvgIpc) is 3.15. The standard InChI is InChI=1S/C19H25Si2.C5H5.C3H4.2ClH.Zr/c1-20(2,3)16-9-7-14-11-15-8-10-17(21(4,5)6)13-19(15)18(14)12-16;1-2-4-5-3-1;1-2-3-1;;;/h7-13H,1-6H3;1-3H,4H2;1-2H2;2*1H;/q2*-1;;;;+2/p-2. The van der Waals surface area contributed by atoms with E-state index in [4.69, 9.17) is 0 Å². The zero-order valence-electron chi connectivity index (χ0n) is 20.2. The molecule has 0 unspecified atom stereocenters. The Morgan fingerprint density at radius 1 is 0.781 bits per heavy atom. The Hall–Kier alpha value is -0.443. The predicted molar refractivity (Wildman–Crippen MR) is 139 cm³/mol. The van der Waals surface area contributed by atoms with E-state index < -0.39 is 16.1 Å². The van der Waals surface area contributed by atoms with Crippen LogP contribution in [0.15, 0.2) is 60.7 Å². The molecular weight excluding hydrogens is 543 g/mol. The van der Waals surface area contributed by atoms with Crippen molar-refractivity contribution in [2.24, 2.45) is 0 Å². The predicted octanol–water partition coefficient (Wildman–Crippen LogP) is 0.615. The fraction of sp³-hybridized carbons (Fsp3) is 0.333. The topological polar surface area (TPSA) is 0 Å². The Morgan fingerprint density at radius 2 is 1.22 bits per heavy atom. The first-order valence-electron chi connectivity index (χ1n) is 11.0. The number of hydrogen-bond donors (Lipinski definition) is 0. The van der Waals surface area contributed by atoms with Crippen LogP contribution in [0.2, 0.25) is 39.3 Å². The monoisotopic (exact) mass is 574 g/mol. The minimum atomic E-state index is -1.25. The number of halogens is 2. The van der Waals surface area contributed by atoms with Gasteiger partial charge in [0.2, 0.25) is 0 Å². The molecule has 0 radical (unpaired) electrons. The maximum atomic E-state index is 2.99. The van der Waals surface area contributed by atoms with E-state index in [2.05, 4.69) is 93.9 Å². The van der Waals surface area contributed by atoms with E-state index in [1.54, 1.807) is 37.8 Å². The Bertz CT molecular complexity index is 1030. The van der Waals surface area contributed by atoms with E-state index in [0.29, 0.717) is 0 Å². The van der Waals surface area contributed by atoms with Gasteiger partial charge in [0.25, 0.3) is 0 Å². The van der Waals surface area contributed by atoms with Gasteiger partial charge in [-0.3, -0.25) is 6.08 Å². The van der Waals surface area contributed by atoms with Gasteiger partial charge >= 0.3 is 40.3 Å². The Balaban J connectivity index is 0.000000387. The Labute approximate surface area is 224 Å². The molecule has 0 nitrogen and oxygen atoms in total. The zero-order chi connectivity index (χ0) is 21.9. The molecule has 0 aliphatic heterocycles. The zero-order valence-corrected chi connectivity index (χ0v) is 26.1. The van der Waals surface area contributed by atoms with Crippen LogP contribution >= 0.6 is 0 Å². The summed E-state index contributed by atoms with van der Waals surface area (Å²) in [6, 6.07) is 16.6. The summed E-state index contributed by atoms with van der Waals surface area (Å²) >= 11 is 1.66. The van der Waals surface area contributed by atoms with Crippen molar-refractivity contribution >= 4 is 51.3 Å². The molecule has 0 saturated heterocycles. The molecule has 1 saturated carbocycles. The molecule has 0 aromatic heterocycles. The van der Waals surface area contributed by atoms with Crippen LogP contribution in [0.5, 0.6) is 0 Å². The molecule has 3 aromatic carbocycles. The first-order valence-corrected chi connectivity index (χ1v) is 19.2. The molecule has 170 valence electrons. The number of benzene rings is 2. The molecular formula is C27H34Cl2Si2Zr-2. The van der Waals surface area contributed by atoms with Gasteiger partial charge in [0.1, 0.15) is 0 Å². The van der Waals surface area contributed by atoms with E-state index in [1.807, 2.05) is 12.2 Å². The van der Waals surface area contributed by atoms with Gasteiger partial charge in [-0.05, 0) is 0 Å². The summed E-state index contributed by atoms with van der Waals surface area (Å²) in [5.41, 5.74) is 0. The van der Waals surface area contributed by atoms with Crippen LogP contribution in [0.1, 0.15) is 19.3 Å². The van der Waals surface area contributed by atoms with Gasteiger partial charge in [-0.1, -0.05) is 73.9 Å². The molecule has 1 fully saturated rings. The maximum absolute atomic E-state index is 2.99. The first kappa shape index (κ1) is 29.6. The molecule has 0 heterocycles. The van der Waals surface area contributed by atoms with Crippen molar-refractivity contribution in [3.63, 3.8) is 0 Å². The van der Waals surface area contributed by atoms with Gasteiger partial charge in [-0.15, -0.1) is 46.2 Å². The summed E-state index contributed by atoms with van der Waals surface area (Å²) < 4.78 is 1.76. The van der Waals surface area contributed by atoms with Crippen molar-refractivity contribution in [2.45, 2.75) is 58.5 Å². The molecule has 3 aromatic rings. The summed E-state index contributed by atoms with van der Waals surface area (Å²) in [6.45, 7) is 14.5. The molecule has 0 bridgehead atoms. The SMILES string of the molecule is C[Si](C)(C)c1ccc2[cH-]c3ccc([Si](C)(C)C)cc3c2c1.[C-]1=CC=CC1.[Cl-].[Cl-].[Zr+2]=[C]1CC1. The molecule has 0 spiro atoms. The quantitative estimate of drug-likeness (QED) is 0.310. The van der Waals surface area contributed by atoms with Crippen LogP contribution in [0.3, 0.4) is 0 Å². The Kier molecular flexibility index (Phi) is 11.4. The van der Waals surface area contributed by atoms with Crippen molar-refractivity contribution in [3.05, 3.63) is 66.8 Å². The van der Waals surface area contributed by atoms with Crippen LogP contribution in [0.4, 0.5) is 0 Å². The van der Waals surface area contributed by atoms with Crippen LogP contribution in [-0.4, -0.2) is 19.4 Å². The normalized spacial score (nSPS) is 14.2. The third kappa shape index (κ3) is 8.40. The van der Waals surface area contributed by atoms with Gasteiger partial charge < -0.3 is 24.8 Å². The third-order valence-electron chi connectivity index (χ3n) is 5.53. The molecule has 32 heavy (non-hydrogen) atoms. The van der Waals surface area contributed by atoms with Crippen molar-refractivity contribution in [1.82, 2.24) is 0 Å².